The van der Waals surface area contributed by atoms with Gasteiger partial charge in [-0.05, 0) is 65.2 Å². The predicted octanol–water partition coefficient (Wildman–Crippen LogP) is 2.68. The topological polar surface area (TPSA) is 108 Å². The number of anilines is 1. The van der Waals surface area contributed by atoms with Crippen LogP contribution in [0.1, 0.15) is 28.8 Å². The van der Waals surface area contributed by atoms with Crippen LogP contribution in [-0.4, -0.2) is 60.9 Å². The van der Waals surface area contributed by atoms with E-state index in [2.05, 4.69) is 26.6 Å². The second-order valence-electron chi connectivity index (χ2n) is 7.93. The molecule has 4 rings (SSSR count). The fourth-order valence-electron chi connectivity index (χ4n) is 3.90. The molecule has 1 atom stereocenters. The van der Waals surface area contributed by atoms with E-state index >= 15 is 0 Å². The number of hydrogen-bond acceptors (Lipinski definition) is 6. The van der Waals surface area contributed by atoms with Gasteiger partial charge in [-0.1, -0.05) is 11.3 Å². The van der Waals surface area contributed by atoms with Crippen LogP contribution < -0.4 is 20.3 Å². The first-order chi connectivity index (χ1) is 15.8. The molecule has 2 aliphatic rings. The van der Waals surface area contributed by atoms with Gasteiger partial charge in [0.15, 0.2) is 5.06 Å². The van der Waals surface area contributed by atoms with E-state index in [0.717, 1.165) is 3.79 Å². The number of aryl methyl sites for hydroxylation is 1. The van der Waals surface area contributed by atoms with Gasteiger partial charge < -0.3 is 25.2 Å². The summed E-state index contributed by atoms with van der Waals surface area (Å²) >= 11 is 4.61. The first-order valence-electron chi connectivity index (χ1n) is 10.5. The first kappa shape index (κ1) is 23.2. The van der Waals surface area contributed by atoms with Gasteiger partial charge in [0, 0.05) is 37.3 Å². The highest BCUT2D eigenvalue weighted by molar-refractivity contribution is 9.11. The minimum Gasteiger partial charge on any atom is -0.399 e. The smallest absolute Gasteiger partial charge is 0.399 e. The largest absolute Gasteiger partial charge is 0.413 e. The Morgan fingerprint density at radius 3 is 2.79 bits per heavy atom. The molecule has 2 aliphatic heterocycles. The molecular weight excluding hydrogens is 512 g/mol. The molecule has 1 aromatic heterocycles. The van der Waals surface area contributed by atoms with Crippen LogP contribution in [0.2, 0.25) is 0 Å². The highest BCUT2D eigenvalue weighted by Crippen LogP contribution is 2.29. The molecule has 0 aliphatic carbocycles. The highest BCUT2D eigenvalue weighted by Gasteiger charge is 2.32. The monoisotopic (exact) mass is 534 g/mol. The van der Waals surface area contributed by atoms with E-state index in [9.17, 15) is 19.2 Å². The van der Waals surface area contributed by atoms with Crippen LogP contribution in [-0.2, 0) is 9.59 Å². The summed E-state index contributed by atoms with van der Waals surface area (Å²) < 4.78 is 6.10. The van der Waals surface area contributed by atoms with Crippen molar-refractivity contribution in [2.45, 2.75) is 25.8 Å². The fraction of sp³-hybridized carbons (Fsp3) is 0.364. The third-order valence-electron chi connectivity index (χ3n) is 5.49. The number of amides is 4. The standard InChI is InChI=1S/C22H23BrN4O5S/c1-13-9-15(3-4-16(13)21(30)26-8-2-7-24-18(28)12-26)27-11-14(10-19(27)29)25-22(31)32-20-6-5-17(23)33-20/h3-6,9,14H,2,7-8,10-12H2,1H3,(H,24,28)(H,25,31). The molecule has 0 spiro atoms. The zero-order chi connectivity index (χ0) is 23.5. The number of hydrogen-bond donors (Lipinski definition) is 2. The molecule has 2 N–H and O–H groups in total. The summed E-state index contributed by atoms with van der Waals surface area (Å²) in [6.07, 6.45) is 0.256. The normalized spacial score (nSPS) is 18.7. The summed E-state index contributed by atoms with van der Waals surface area (Å²) in [6.45, 7) is 3.22. The molecule has 1 unspecified atom stereocenters. The number of rotatable bonds is 4. The highest BCUT2D eigenvalue weighted by atomic mass is 79.9. The molecule has 174 valence electrons. The Morgan fingerprint density at radius 1 is 1.24 bits per heavy atom. The minimum atomic E-state index is -0.609. The van der Waals surface area contributed by atoms with Gasteiger partial charge in [0.1, 0.15) is 0 Å². The number of ether oxygens (including phenoxy) is 1. The predicted molar refractivity (Wildman–Crippen MR) is 127 cm³/mol. The number of thiophene rings is 1. The SMILES string of the molecule is Cc1cc(N2CC(NC(=O)Oc3ccc(Br)s3)CC2=O)ccc1C(=O)N1CCCNC(=O)C1. The van der Waals surface area contributed by atoms with Gasteiger partial charge in [0.25, 0.3) is 5.91 Å². The summed E-state index contributed by atoms with van der Waals surface area (Å²) in [7, 11) is 0. The maximum absolute atomic E-state index is 12.9. The minimum absolute atomic E-state index is 0.0382. The summed E-state index contributed by atoms with van der Waals surface area (Å²) in [5.74, 6) is -0.491. The summed E-state index contributed by atoms with van der Waals surface area (Å²) in [6, 6.07) is 8.28. The lowest BCUT2D eigenvalue weighted by Gasteiger charge is -2.22. The lowest BCUT2D eigenvalue weighted by molar-refractivity contribution is -0.121. The van der Waals surface area contributed by atoms with Crippen molar-refractivity contribution >= 4 is 56.8 Å². The molecule has 0 bridgehead atoms. The molecule has 33 heavy (non-hydrogen) atoms. The molecule has 0 radical (unpaired) electrons. The molecule has 1 aromatic carbocycles. The molecule has 2 saturated heterocycles. The van der Waals surface area contributed by atoms with Crippen LogP contribution in [0.4, 0.5) is 10.5 Å². The Balaban J connectivity index is 1.40. The number of carbonyl (C=O) groups is 4. The van der Waals surface area contributed by atoms with Crippen molar-refractivity contribution in [2.75, 3.05) is 31.1 Å². The van der Waals surface area contributed by atoms with E-state index in [-0.39, 0.29) is 36.7 Å². The molecule has 3 heterocycles. The summed E-state index contributed by atoms with van der Waals surface area (Å²) in [5.41, 5.74) is 1.87. The third-order valence-corrected chi connectivity index (χ3v) is 6.99. The Morgan fingerprint density at radius 2 is 2.06 bits per heavy atom. The van der Waals surface area contributed by atoms with Crippen molar-refractivity contribution in [3.05, 3.63) is 45.2 Å². The van der Waals surface area contributed by atoms with Crippen LogP contribution in [0, 0.1) is 6.92 Å². The summed E-state index contributed by atoms with van der Waals surface area (Å²) in [5, 5.41) is 5.95. The quantitative estimate of drug-likeness (QED) is 0.626. The second-order valence-corrected chi connectivity index (χ2v) is 10.4. The van der Waals surface area contributed by atoms with Crippen LogP contribution in [0.15, 0.2) is 34.1 Å². The van der Waals surface area contributed by atoms with Crippen molar-refractivity contribution in [1.82, 2.24) is 15.5 Å². The van der Waals surface area contributed by atoms with E-state index in [0.29, 0.717) is 47.9 Å². The van der Waals surface area contributed by atoms with Gasteiger partial charge >= 0.3 is 6.09 Å². The van der Waals surface area contributed by atoms with Crippen molar-refractivity contribution < 1.29 is 23.9 Å². The van der Waals surface area contributed by atoms with Gasteiger partial charge in [-0.25, -0.2) is 4.79 Å². The molecule has 0 saturated carbocycles. The van der Waals surface area contributed by atoms with E-state index < -0.39 is 6.09 Å². The molecule has 4 amide bonds. The molecular formula is C22H23BrN4O5S. The number of nitrogens with one attached hydrogen (secondary N) is 2. The fourth-order valence-corrected chi connectivity index (χ4v) is 5.09. The number of nitrogens with zero attached hydrogens (tertiary/aromatic N) is 2. The molecule has 11 heteroatoms. The lowest BCUT2D eigenvalue weighted by atomic mass is 10.1. The zero-order valence-electron chi connectivity index (χ0n) is 17.9. The maximum Gasteiger partial charge on any atom is 0.413 e. The van der Waals surface area contributed by atoms with Crippen molar-refractivity contribution in [3.8, 4) is 5.06 Å². The zero-order valence-corrected chi connectivity index (χ0v) is 20.3. The van der Waals surface area contributed by atoms with Gasteiger partial charge in [-0.2, -0.15) is 0 Å². The molecule has 2 aromatic rings. The Bertz CT molecular complexity index is 1100. The van der Waals surface area contributed by atoms with E-state index in [4.69, 9.17) is 4.74 Å². The molecule has 2 fully saturated rings. The average molecular weight is 535 g/mol. The lowest BCUT2D eigenvalue weighted by Crippen LogP contribution is -2.38. The molecule has 9 nitrogen and oxygen atoms in total. The first-order valence-corrected chi connectivity index (χ1v) is 12.1. The van der Waals surface area contributed by atoms with Crippen molar-refractivity contribution in [1.29, 1.82) is 0 Å². The van der Waals surface area contributed by atoms with Crippen LogP contribution >= 0.6 is 27.3 Å². The summed E-state index contributed by atoms with van der Waals surface area (Å²) in [4.78, 5) is 52.6. The number of benzene rings is 1. The van der Waals surface area contributed by atoms with Gasteiger partial charge in [-0.3, -0.25) is 14.4 Å². The average Bonchev–Trinajstić information content (AvgIpc) is 3.25. The van der Waals surface area contributed by atoms with Crippen LogP contribution in [0.5, 0.6) is 5.06 Å². The van der Waals surface area contributed by atoms with Gasteiger partial charge in [0.05, 0.1) is 16.4 Å². The van der Waals surface area contributed by atoms with Crippen molar-refractivity contribution in [3.63, 3.8) is 0 Å². The second kappa shape index (κ2) is 9.92. The maximum atomic E-state index is 12.9. The van der Waals surface area contributed by atoms with Gasteiger partial charge in [-0.15, -0.1) is 0 Å². The Hall–Kier alpha value is -2.92. The number of carbonyl (C=O) groups excluding carboxylic acids is 4. The Kier molecular flexibility index (Phi) is 6.99. The Labute approximate surface area is 203 Å². The van der Waals surface area contributed by atoms with E-state index in [1.54, 1.807) is 47.1 Å². The van der Waals surface area contributed by atoms with E-state index in [1.807, 2.05) is 0 Å². The van der Waals surface area contributed by atoms with Crippen molar-refractivity contribution in [2.24, 2.45) is 0 Å². The van der Waals surface area contributed by atoms with Crippen LogP contribution in [0.3, 0.4) is 0 Å². The number of halogens is 1. The van der Waals surface area contributed by atoms with Gasteiger partial charge in [0.2, 0.25) is 11.8 Å². The third kappa shape index (κ3) is 5.53. The van der Waals surface area contributed by atoms with E-state index in [1.165, 1.54) is 11.3 Å². The van der Waals surface area contributed by atoms with Crippen LogP contribution in [0.25, 0.3) is 0 Å².